The van der Waals surface area contributed by atoms with Gasteiger partial charge in [-0.1, -0.05) is 11.3 Å². The average Bonchev–Trinajstić information content (AvgIpc) is 2.82. The summed E-state index contributed by atoms with van der Waals surface area (Å²) in [6.45, 7) is 3.08. The molecule has 21 heavy (non-hydrogen) atoms. The van der Waals surface area contributed by atoms with Gasteiger partial charge in [-0.15, -0.1) is 11.8 Å². The Balaban J connectivity index is 1.80. The van der Waals surface area contributed by atoms with Crippen LogP contribution in [0.5, 0.6) is 0 Å². The highest BCUT2D eigenvalue weighted by Gasteiger charge is 2.26. The maximum absolute atomic E-state index is 12.2. The fourth-order valence-corrected chi connectivity index (χ4v) is 4.19. The molecule has 1 aromatic rings. The smallest absolute Gasteiger partial charge is 0.237 e. The quantitative estimate of drug-likeness (QED) is 0.318. The van der Waals surface area contributed by atoms with Gasteiger partial charge in [-0.25, -0.2) is 10.8 Å². The van der Waals surface area contributed by atoms with E-state index >= 15 is 0 Å². The lowest BCUT2D eigenvalue weighted by Gasteiger charge is -2.30. The Morgan fingerprint density at radius 1 is 1.48 bits per heavy atom. The molecule has 1 aliphatic rings. The van der Waals surface area contributed by atoms with Gasteiger partial charge in [0.2, 0.25) is 11.8 Å². The molecular weight excluding hydrogens is 310 g/mol. The van der Waals surface area contributed by atoms with Crippen molar-refractivity contribution in [3.8, 4) is 0 Å². The maximum Gasteiger partial charge on any atom is 0.237 e. The van der Waals surface area contributed by atoms with Gasteiger partial charge in [-0.05, 0) is 19.8 Å². The SMILES string of the molecule is Cc1nc(N)sc1SCC(=O)N1CCC(C(=O)NN)CC1. The number of amides is 2. The van der Waals surface area contributed by atoms with Crippen molar-refractivity contribution >= 4 is 40.0 Å². The second-order valence-electron chi connectivity index (χ2n) is 4.88. The van der Waals surface area contributed by atoms with Crippen molar-refractivity contribution in [1.82, 2.24) is 15.3 Å². The number of carbonyl (C=O) groups is 2. The lowest BCUT2D eigenvalue weighted by Crippen LogP contribution is -2.45. The highest BCUT2D eigenvalue weighted by Crippen LogP contribution is 2.30. The van der Waals surface area contributed by atoms with Crippen LogP contribution in [0.25, 0.3) is 0 Å². The molecule has 5 N–H and O–H groups in total. The van der Waals surface area contributed by atoms with Crippen LogP contribution in [-0.4, -0.2) is 40.5 Å². The van der Waals surface area contributed by atoms with Crippen molar-refractivity contribution in [3.63, 3.8) is 0 Å². The van der Waals surface area contributed by atoms with E-state index in [1.807, 2.05) is 6.92 Å². The standard InChI is InChI=1S/C12H19N5O2S2/c1-7-11(21-12(13)15-7)20-6-9(18)17-4-2-8(3-5-17)10(19)16-14/h8H,2-6,14H2,1H3,(H2,13,15)(H,16,19). The third-order valence-electron chi connectivity index (χ3n) is 3.46. The van der Waals surface area contributed by atoms with Crippen molar-refractivity contribution in [2.75, 3.05) is 24.6 Å². The van der Waals surface area contributed by atoms with Crippen LogP contribution < -0.4 is 17.0 Å². The fourth-order valence-electron chi connectivity index (χ4n) is 2.26. The lowest BCUT2D eigenvalue weighted by atomic mass is 9.96. The van der Waals surface area contributed by atoms with E-state index in [0.29, 0.717) is 36.8 Å². The molecule has 2 heterocycles. The van der Waals surface area contributed by atoms with E-state index in [2.05, 4.69) is 10.4 Å². The fraction of sp³-hybridized carbons (Fsp3) is 0.583. The van der Waals surface area contributed by atoms with Gasteiger partial charge in [0.25, 0.3) is 0 Å². The number of hydrogen-bond acceptors (Lipinski definition) is 7. The van der Waals surface area contributed by atoms with Gasteiger partial charge in [0.05, 0.1) is 15.7 Å². The highest BCUT2D eigenvalue weighted by atomic mass is 32.2. The molecule has 2 amide bonds. The third-order valence-corrected chi connectivity index (χ3v) is 5.79. The molecule has 1 aromatic heterocycles. The van der Waals surface area contributed by atoms with Crippen molar-refractivity contribution in [2.45, 2.75) is 24.0 Å². The number of piperidine rings is 1. The number of thiazole rings is 1. The number of nitrogens with zero attached hydrogens (tertiary/aromatic N) is 2. The molecule has 0 radical (unpaired) electrons. The van der Waals surface area contributed by atoms with Crippen LogP contribution in [0.4, 0.5) is 5.13 Å². The Hall–Kier alpha value is -1.32. The van der Waals surface area contributed by atoms with Crippen LogP contribution in [0.15, 0.2) is 4.21 Å². The minimum atomic E-state index is -0.146. The molecule has 2 rings (SSSR count). The summed E-state index contributed by atoms with van der Waals surface area (Å²) >= 11 is 2.87. The number of likely N-dealkylation sites (tertiary alicyclic amines) is 1. The topological polar surface area (TPSA) is 114 Å². The minimum Gasteiger partial charge on any atom is -0.375 e. The van der Waals surface area contributed by atoms with E-state index in [-0.39, 0.29) is 17.7 Å². The van der Waals surface area contributed by atoms with Crippen LogP contribution in [0.3, 0.4) is 0 Å². The molecule has 1 saturated heterocycles. The van der Waals surface area contributed by atoms with E-state index in [1.165, 1.54) is 23.1 Å². The van der Waals surface area contributed by atoms with Gasteiger partial charge in [-0.2, -0.15) is 0 Å². The predicted molar refractivity (Wildman–Crippen MR) is 83.6 cm³/mol. The van der Waals surface area contributed by atoms with Crippen molar-refractivity contribution < 1.29 is 9.59 Å². The first kappa shape index (κ1) is 16.1. The van der Waals surface area contributed by atoms with E-state index < -0.39 is 0 Å². The molecule has 1 fully saturated rings. The summed E-state index contributed by atoms with van der Waals surface area (Å²) in [5.41, 5.74) is 8.68. The monoisotopic (exact) mass is 329 g/mol. The summed E-state index contributed by atoms with van der Waals surface area (Å²) in [7, 11) is 0. The van der Waals surface area contributed by atoms with Crippen LogP contribution in [-0.2, 0) is 9.59 Å². The first-order valence-corrected chi connectivity index (χ1v) is 8.45. The zero-order chi connectivity index (χ0) is 15.4. The summed E-state index contributed by atoms with van der Waals surface area (Å²) in [5.74, 6) is 5.35. The zero-order valence-electron chi connectivity index (χ0n) is 11.8. The van der Waals surface area contributed by atoms with E-state index in [9.17, 15) is 9.59 Å². The summed E-state index contributed by atoms with van der Waals surface area (Å²) in [4.78, 5) is 29.5. The Morgan fingerprint density at radius 2 is 2.14 bits per heavy atom. The van der Waals surface area contributed by atoms with E-state index in [1.54, 1.807) is 4.90 Å². The van der Waals surface area contributed by atoms with Gasteiger partial charge in [0.15, 0.2) is 5.13 Å². The summed E-state index contributed by atoms with van der Waals surface area (Å²) < 4.78 is 0.984. The number of nitrogens with two attached hydrogens (primary N) is 2. The van der Waals surface area contributed by atoms with Crippen LogP contribution in [0.1, 0.15) is 18.5 Å². The van der Waals surface area contributed by atoms with Gasteiger partial charge >= 0.3 is 0 Å². The molecule has 7 nitrogen and oxygen atoms in total. The number of aryl methyl sites for hydroxylation is 1. The number of anilines is 1. The zero-order valence-corrected chi connectivity index (χ0v) is 13.4. The molecule has 9 heteroatoms. The van der Waals surface area contributed by atoms with Crippen molar-refractivity contribution in [1.29, 1.82) is 0 Å². The van der Waals surface area contributed by atoms with Crippen LogP contribution in [0, 0.1) is 12.8 Å². The Kier molecular flexibility index (Phi) is 5.43. The van der Waals surface area contributed by atoms with Gasteiger partial charge in [0, 0.05) is 19.0 Å². The Morgan fingerprint density at radius 3 is 2.67 bits per heavy atom. The number of hydrogen-bond donors (Lipinski definition) is 3. The lowest BCUT2D eigenvalue weighted by molar-refractivity contribution is -0.133. The number of thioether (sulfide) groups is 1. The van der Waals surface area contributed by atoms with E-state index in [4.69, 9.17) is 11.6 Å². The van der Waals surface area contributed by atoms with Crippen molar-refractivity contribution in [3.05, 3.63) is 5.69 Å². The molecule has 1 aliphatic heterocycles. The Labute approximate surface area is 131 Å². The average molecular weight is 329 g/mol. The molecule has 116 valence electrons. The van der Waals surface area contributed by atoms with Crippen molar-refractivity contribution in [2.24, 2.45) is 11.8 Å². The number of rotatable bonds is 4. The minimum absolute atomic E-state index is 0.0815. The molecule has 0 bridgehead atoms. The number of nitrogen functional groups attached to an aromatic ring is 1. The number of nitrogens with one attached hydrogen (secondary N) is 1. The number of aromatic nitrogens is 1. The Bertz CT molecular complexity index is 526. The van der Waals surface area contributed by atoms with Gasteiger partial charge in [-0.3, -0.25) is 15.0 Å². The van der Waals surface area contributed by atoms with Gasteiger partial charge in [0.1, 0.15) is 0 Å². The molecular formula is C12H19N5O2S2. The largest absolute Gasteiger partial charge is 0.375 e. The maximum atomic E-state index is 12.2. The number of hydrazine groups is 1. The predicted octanol–water partition coefficient (Wildman–Crippen LogP) is 0.354. The molecule has 0 saturated carbocycles. The third kappa shape index (κ3) is 4.08. The molecule has 0 aliphatic carbocycles. The molecule has 0 atom stereocenters. The van der Waals surface area contributed by atoms with Crippen LogP contribution in [0.2, 0.25) is 0 Å². The van der Waals surface area contributed by atoms with Gasteiger partial charge < -0.3 is 10.6 Å². The van der Waals surface area contributed by atoms with Crippen LogP contribution >= 0.6 is 23.1 Å². The second-order valence-corrected chi connectivity index (χ2v) is 7.15. The summed E-state index contributed by atoms with van der Waals surface area (Å²) in [5, 5.41) is 0.524. The number of carbonyl (C=O) groups excluding carboxylic acids is 2. The summed E-state index contributed by atoms with van der Waals surface area (Å²) in [6.07, 6.45) is 1.32. The normalized spacial score (nSPS) is 16.0. The van der Waals surface area contributed by atoms with E-state index in [0.717, 1.165) is 9.90 Å². The molecule has 0 spiro atoms. The second kappa shape index (κ2) is 7.10. The first-order valence-electron chi connectivity index (χ1n) is 6.65. The molecule has 0 aromatic carbocycles. The highest BCUT2D eigenvalue weighted by molar-refractivity contribution is 8.01. The molecule has 0 unspecified atom stereocenters. The first-order chi connectivity index (χ1) is 10.0. The summed E-state index contributed by atoms with van der Waals surface area (Å²) in [6, 6.07) is 0.